The third kappa shape index (κ3) is 5.80. The summed E-state index contributed by atoms with van der Waals surface area (Å²) >= 11 is 0. The van der Waals surface area contributed by atoms with E-state index in [4.69, 9.17) is 4.74 Å². The molecule has 2 nitrogen and oxygen atoms in total. The molecule has 0 fully saturated rings. The van der Waals surface area contributed by atoms with Gasteiger partial charge in [0.05, 0.1) is 0 Å². The van der Waals surface area contributed by atoms with Crippen molar-refractivity contribution >= 4 is 5.78 Å². The van der Waals surface area contributed by atoms with Gasteiger partial charge in [-0.1, -0.05) is 13.0 Å². The minimum atomic E-state index is 0.240. The Labute approximate surface area is 68.2 Å². The molecule has 0 N–H and O–H groups in total. The first-order valence-corrected chi connectivity index (χ1v) is 3.82. The molecule has 0 aromatic carbocycles. The number of allylic oxidation sites excluding steroid dienone is 1. The third-order valence-electron chi connectivity index (χ3n) is 1.40. The maximum absolute atomic E-state index is 11.0. The van der Waals surface area contributed by atoms with Gasteiger partial charge in [-0.05, 0) is 5.92 Å². The van der Waals surface area contributed by atoms with Gasteiger partial charge in [-0.3, -0.25) is 4.79 Å². The van der Waals surface area contributed by atoms with Gasteiger partial charge < -0.3 is 4.74 Å². The summed E-state index contributed by atoms with van der Waals surface area (Å²) in [5, 5.41) is 0. The topological polar surface area (TPSA) is 26.3 Å². The number of carbonyl (C=O) groups excluding carboxylic acids is 1. The van der Waals surface area contributed by atoms with Crippen molar-refractivity contribution in [3.63, 3.8) is 0 Å². The molecule has 0 saturated carbocycles. The van der Waals surface area contributed by atoms with Gasteiger partial charge in [0.1, 0.15) is 5.78 Å². The second kappa shape index (κ2) is 6.10. The molecular weight excluding hydrogens is 140 g/mol. The summed E-state index contributed by atoms with van der Waals surface area (Å²) in [4.78, 5) is 11.0. The molecule has 0 bridgehead atoms. The monoisotopic (exact) mass is 156 g/mol. The van der Waals surface area contributed by atoms with E-state index in [0.29, 0.717) is 25.4 Å². The lowest BCUT2D eigenvalue weighted by Gasteiger charge is -2.07. The van der Waals surface area contributed by atoms with Gasteiger partial charge in [-0.25, -0.2) is 0 Å². The van der Waals surface area contributed by atoms with Crippen molar-refractivity contribution < 1.29 is 9.53 Å². The molecule has 64 valence electrons. The lowest BCUT2D eigenvalue weighted by molar-refractivity contribution is -0.119. The van der Waals surface area contributed by atoms with Crippen molar-refractivity contribution in [1.29, 1.82) is 0 Å². The zero-order valence-corrected chi connectivity index (χ0v) is 7.30. The second-order valence-electron chi connectivity index (χ2n) is 2.80. The summed E-state index contributed by atoms with van der Waals surface area (Å²) in [6, 6.07) is 0. The van der Waals surface area contributed by atoms with E-state index < -0.39 is 0 Å². The number of ether oxygens (including phenoxy) is 1. The molecule has 0 aliphatic carbocycles. The van der Waals surface area contributed by atoms with Crippen molar-refractivity contribution in [2.45, 2.75) is 19.8 Å². The molecular formula is C9H16O2. The fraction of sp³-hybridized carbons (Fsp3) is 0.667. The minimum absolute atomic E-state index is 0.240. The Bertz CT molecular complexity index is 130. The number of rotatable bonds is 6. The smallest absolute Gasteiger partial charge is 0.136 e. The number of methoxy groups -OCH3 is 1. The van der Waals surface area contributed by atoms with Gasteiger partial charge in [-0.15, -0.1) is 6.58 Å². The first kappa shape index (κ1) is 10.4. The second-order valence-corrected chi connectivity index (χ2v) is 2.80. The Hall–Kier alpha value is -0.630. The van der Waals surface area contributed by atoms with E-state index >= 15 is 0 Å². The maximum Gasteiger partial charge on any atom is 0.136 e. The van der Waals surface area contributed by atoms with Crippen LogP contribution in [0.4, 0.5) is 0 Å². The number of hydrogen-bond donors (Lipinski definition) is 0. The maximum atomic E-state index is 11.0. The van der Waals surface area contributed by atoms with Gasteiger partial charge >= 0.3 is 0 Å². The summed E-state index contributed by atoms with van der Waals surface area (Å²) < 4.78 is 4.90. The normalized spacial score (nSPS) is 12.5. The summed E-state index contributed by atoms with van der Waals surface area (Å²) in [5.74, 6) is 0.567. The number of ketones is 1. The molecule has 0 spiro atoms. The average Bonchev–Trinajstić information content (AvgIpc) is 1.87. The SMILES string of the molecule is C=CCC(=O)CC(C)COC. The van der Waals surface area contributed by atoms with Crippen LogP contribution in [-0.2, 0) is 9.53 Å². The van der Waals surface area contributed by atoms with E-state index in [1.165, 1.54) is 0 Å². The molecule has 0 aliphatic rings. The summed E-state index contributed by atoms with van der Waals surface area (Å²) in [6.45, 7) is 6.16. The zero-order valence-electron chi connectivity index (χ0n) is 7.30. The molecule has 0 heterocycles. The Morgan fingerprint density at radius 2 is 2.36 bits per heavy atom. The largest absolute Gasteiger partial charge is 0.384 e. The summed E-state index contributed by atoms with van der Waals surface area (Å²) in [5.41, 5.74) is 0. The Balaban J connectivity index is 3.48. The fourth-order valence-corrected chi connectivity index (χ4v) is 0.976. The highest BCUT2D eigenvalue weighted by Gasteiger charge is 2.06. The standard InChI is InChI=1S/C9H16O2/c1-4-5-9(10)6-8(2)7-11-3/h4,8H,1,5-7H2,2-3H3. The molecule has 0 aromatic heterocycles. The molecule has 0 saturated heterocycles. The van der Waals surface area contributed by atoms with Crippen molar-refractivity contribution in [3.8, 4) is 0 Å². The van der Waals surface area contributed by atoms with Crippen LogP contribution in [0, 0.1) is 5.92 Å². The van der Waals surface area contributed by atoms with E-state index in [-0.39, 0.29) is 5.78 Å². The highest BCUT2D eigenvalue weighted by atomic mass is 16.5. The van der Waals surface area contributed by atoms with Crippen LogP contribution in [0.1, 0.15) is 19.8 Å². The van der Waals surface area contributed by atoms with Crippen LogP contribution in [0.2, 0.25) is 0 Å². The first-order chi connectivity index (χ1) is 5.20. The predicted molar refractivity (Wildman–Crippen MR) is 45.5 cm³/mol. The van der Waals surface area contributed by atoms with Crippen LogP contribution >= 0.6 is 0 Å². The van der Waals surface area contributed by atoms with Crippen LogP contribution in [0.15, 0.2) is 12.7 Å². The number of hydrogen-bond acceptors (Lipinski definition) is 2. The Kier molecular flexibility index (Phi) is 5.75. The molecule has 1 unspecified atom stereocenters. The lowest BCUT2D eigenvalue weighted by atomic mass is 10.0. The van der Waals surface area contributed by atoms with Gasteiger partial charge in [0.2, 0.25) is 0 Å². The molecule has 0 aromatic rings. The highest BCUT2D eigenvalue weighted by molar-refractivity contribution is 5.79. The lowest BCUT2D eigenvalue weighted by Crippen LogP contribution is -2.09. The van der Waals surface area contributed by atoms with Gasteiger partial charge in [-0.2, -0.15) is 0 Å². The first-order valence-electron chi connectivity index (χ1n) is 3.82. The van der Waals surface area contributed by atoms with Crippen LogP contribution in [0.25, 0.3) is 0 Å². The van der Waals surface area contributed by atoms with Crippen molar-refractivity contribution in [3.05, 3.63) is 12.7 Å². The van der Waals surface area contributed by atoms with E-state index in [9.17, 15) is 4.79 Å². The van der Waals surface area contributed by atoms with Crippen LogP contribution in [0.5, 0.6) is 0 Å². The van der Waals surface area contributed by atoms with E-state index in [0.717, 1.165) is 0 Å². The molecule has 0 radical (unpaired) electrons. The quantitative estimate of drug-likeness (QED) is 0.548. The average molecular weight is 156 g/mol. The van der Waals surface area contributed by atoms with E-state index in [1.807, 2.05) is 6.92 Å². The predicted octanol–water partition coefficient (Wildman–Crippen LogP) is 1.80. The van der Waals surface area contributed by atoms with Crippen LogP contribution in [0.3, 0.4) is 0 Å². The van der Waals surface area contributed by atoms with Gasteiger partial charge in [0, 0.05) is 26.6 Å². The van der Waals surface area contributed by atoms with Crippen LogP contribution < -0.4 is 0 Å². The molecule has 0 amide bonds. The molecule has 1 atom stereocenters. The summed E-state index contributed by atoms with van der Waals surface area (Å²) in [6.07, 6.45) is 2.72. The van der Waals surface area contributed by atoms with Crippen molar-refractivity contribution in [2.24, 2.45) is 5.92 Å². The number of carbonyl (C=O) groups is 1. The minimum Gasteiger partial charge on any atom is -0.384 e. The van der Waals surface area contributed by atoms with Gasteiger partial charge in [0.15, 0.2) is 0 Å². The molecule has 0 aliphatic heterocycles. The Morgan fingerprint density at radius 1 is 1.73 bits per heavy atom. The number of Topliss-reactive ketones (excluding diaryl/α,β-unsaturated/α-hetero) is 1. The van der Waals surface area contributed by atoms with E-state index in [1.54, 1.807) is 13.2 Å². The van der Waals surface area contributed by atoms with Gasteiger partial charge in [0.25, 0.3) is 0 Å². The zero-order chi connectivity index (χ0) is 8.69. The molecule has 11 heavy (non-hydrogen) atoms. The summed E-state index contributed by atoms with van der Waals surface area (Å²) in [7, 11) is 1.65. The Morgan fingerprint density at radius 3 is 2.82 bits per heavy atom. The van der Waals surface area contributed by atoms with E-state index in [2.05, 4.69) is 6.58 Å². The van der Waals surface area contributed by atoms with Crippen molar-refractivity contribution in [1.82, 2.24) is 0 Å². The highest BCUT2D eigenvalue weighted by Crippen LogP contribution is 2.04. The van der Waals surface area contributed by atoms with Crippen LogP contribution in [-0.4, -0.2) is 19.5 Å². The molecule has 2 heteroatoms. The van der Waals surface area contributed by atoms with Crippen molar-refractivity contribution in [2.75, 3.05) is 13.7 Å². The molecule has 0 rings (SSSR count). The fourth-order valence-electron chi connectivity index (χ4n) is 0.976. The third-order valence-corrected chi connectivity index (χ3v) is 1.40.